The Hall–Kier alpha value is -2.64. The molecule has 0 amide bonds. The molecule has 0 unspecified atom stereocenters. The van der Waals surface area contributed by atoms with Gasteiger partial charge >= 0.3 is 5.97 Å². The summed E-state index contributed by atoms with van der Waals surface area (Å²) in [7, 11) is 0. The van der Waals surface area contributed by atoms with Crippen LogP contribution in [-0.4, -0.2) is 30.2 Å². The predicted molar refractivity (Wildman–Crippen MR) is 123 cm³/mol. The molecule has 1 N–H and O–H groups in total. The van der Waals surface area contributed by atoms with Gasteiger partial charge < -0.3 is 19.2 Å². The molecule has 0 saturated carbocycles. The van der Waals surface area contributed by atoms with Crippen LogP contribution in [0.5, 0.6) is 5.75 Å². The minimum atomic E-state index is -0.257. The molecule has 0 aliphatic rings. The third-order valence-corrected chi connectivity index (χ3v) is 4.98. The van der Waals surface area contributed by atoms with Crippen molar-refractivity contribution in [2.45, 2.75) is 39.8 Å². The fourth-order valence-corrected chi connectivity index (χ4v) is 3.26. The number of nitrogens with one attached hydrogen (secondary N) is 1. The van der Waals surface area contributed by atoms with E-state index >= 15 is 0 Å². The van der Waals surface area contributed by atoms with Crippen LogP contribution in [0.2, 0.25) is 0 Å². The molecule has 0 aliphatic heterocycles. The minimum Gasteiger partial charge on any atom is -0.493 e. The lowest BCUT2D eigenvalue weighted by molar-refractivity contribution is -0.146. The average Bonchev–Trinajstić information content (AvgIpc) is 3.09. The Balaban J connectivity index is 1.49. The van der Waals surface area contributed by atoms with Crippen molar-refractivity contribution in [3.63, 3.8) is 0 Å². The Kier molecular flexibility index (Phi) is 8.26. The van der Waals surface area contributed by atoms with Crippen LogP contribution >= 0.6 is 15.9 Å². The maximum absolute atomic E-state index is 11.6. The smallest absolute Gasteiger partial charge is 0.320 e. The number of nitrogens with zero attached hydrogens (tertiary/aromatic N) is 1. The van der Waals surface area contributed by atoms with Crippen molar-refractivity contribution in [2.75, 3.05) is 13.2 Å². The largest absolute Gasteiger partial charge is 0.493 e. The highest BCUT2D eigenvalue weighted by Crippen LogP contribution is 2.24. The van der Waals surface area contributed by atoms with Crippen molar-refractivity contribution in [1.29, 1.82) is 0 Å². The van der Waals surface area contributed by atoms with E-state index in [1.807, 2.05) is 69.3 Å². The van der Waals surface area contributed by atoms with Gasteiger partial charge in [0.2, 0.25) is 5.89 Å². The van der Waals surface area contributed by atoms with Crippen molar-refractivity contribution in [1.82, 2.24) is 10.3 Å². The van der Waals surface area contributed by atoms with Gasteiger partial charge in [-0.05, 0) is 62.7 Å². The number of esters is 1. The van der Waals surface area contributed by atoms with Crippen LogP contribution in [0.25, 0.3) is 11.5 Å². The van der Waals surface area contributed by atoms with Crippen molar-refractivity contribution in [3.05, 3.63) is 70.0 Å². The highest BCUT2D eigenvalue weighted by molar-refractivity contribution is 9.10. The highest BCUT2D eigenvalue weighted by Gasteiger charge is 2.12. The number of hydrogen-bond acceptors (Lipinski definition) is 6. The van der Waals surface area contributed by atoms with E-state index in [1.54, 1.807) is 0 Å². The fourth-order valence-electron chi connectivity index (χ4n) is 3.00. The number of carbonyl (C=O) groups excluding carboxylic acids is 1. The van der Waals surface area contributed by atoms with Crippen LogP contribution in [0.1, 0.15) is 30.9 Å². The van der Waals surface area contributed by atoms with Gasteiger partial charge in [-0.1, -0.05) is 28.1 Å². The number of halogens is 1. The van der Waals surface area contributed by atoms with Crippen LogP contribution < -0.4 is 10.1 Å². The molecule has 3 rings (SSSR count). The van der Waals surface area contributed by atoms with Gasteiger partial charge in [-0.25, -0.2) is 4.98 Å². The monoisotopic (exact) mass is 486 g/mol. The van der Waals surface area contributed by atoms with E-state index < -0.39 is 0 Å². The first-order valence-corrected chi connectivity index (χ1v) is 11.0. The number of carbonyl (C=O) groups is 1. The van der Waals surface area contributed by atoms with Gasteiger partial charge in [0, 0.05) is 23.0 Å². The first-order chi connectivity index (χ1) is 14.9. The van der Waals surface area contributed by atoms with Gasteiger partial charge in [0.1, 0.15) is 11.5 Å². The topological polar surface area (TPSA) is 73.6 Å². The van der Waals surface area contributed by atoms with Gasteiger partial charge in [-0.2, -0.15) is 0 Å². The van der Waals surface area contributed by atoms with Gasteiger partial charge in [-0.3, -0.25) is 4.79 Å². The summed E-state index contributed by atoms with van der Waals surface area (Å²) in [6, 6.07) is 15.7. The number of aryl methyl sites for hydroxylation is 1. The lowest BCUT2D eigenvalue weighted by Crippen LogP contribution is -2.26. The quantitative estimate of drug-likeness (QED) is 0.403. The summed E-state index contributed by atoms with van der Waals surface area (Å²) in [5.74, 6) is 1.93. The van der Waals surface area contributed by atoms with Crippen molar-refractivity contribution >= 4 is 21.9 Å². The summed E-state index contributed by atoms with van der Waals surface area (Å²) in [5, 5.41) is 3.09. The zero-order valence-electron chi connectivity index (χ0n) is 18.0. The Bertz CT molecular complexity index is 999. The van der Waals surface area contributed by atoms with Gasteiger partial charge in [-0.15, -0.1) is 0 Å². The van der Waals surface area contributed by atoms with E-state index in [2.05, 4.69) is 26.2 Å². The minimum absolute atomic E-state index is 0.106. The fraction of sp³-hybridized carbons (Fsp3) is 0.333. The third-order valence-electron chi connectivity index (χ3n) is 4.46. The van der Waals surface area contributed by atoms with E-state index in [4.69, 9.17) is 13.9 Å². The zero-order chi connectivity index (χ0) is 22.2. The molecular formula is C24H27BrN2O4. The number of rotatable bonds is 10. The Labute approximate surface area is 191 Å². The number of aromatic nitrogens is 1. The lowest BCUT2D eigenvalue weighted by Gasteiger charge is -2.10. The highest BCUT2D eigenvalue weighted by atomic mass is 79.9. The van der Waals surface area contributed by atoms with Crippen LogP contribution in [0.3, 0.4) is 0 Å². The summed E-state index contributed by atoms with van der Waals surface area (Å²) in [4.78, 5) is 16.2. The predicted octanol–water partition coefficient (Wildman–Crippen LogP) is 5.08. The molecule has 1 heterocycles. The van der Waals surface area contributed by atoms with Gasteiger partial charge in [0.15, 0.2) is 0 Å². The normalized spacial score (nSPS) is 11.0. The van der Waals surface area contributed by atoms with Crippen molar-refractivity contribution in [2.24, 2.45) is 0 Å². The van der Waals surface area contributed by atoms with E-state index in [-0.39, 0.29) is 18.6 Å². The molecule has 0 saturated heterocycles. The first-order valence-electron chi connectivity index (χ1n) is 10.2. The number of hydrogen-bond donors (Lipinski definition) is 1. The molecule has 7 heteroatoms. The molecule has 0 fully saturated rings. The Morgan fingerprint density at radius 1 is 1.19 bits per heavy atom. The van der Waals surface area contributed by atoms with Crippen LogP contribution in [-0.2, 0) is 22.5 Å². The maximum Gasteiger partial charge on any atom is 0.320 e. The second kappa shape index (κ2) is 11.1. The van der Waals surface area contributed by atoms with Crippen LogP contribution in [0.4, 0.5) is 0 Å². The second-order valence-corrected chi connectivity index (χ2v) is 8.33. The molecule has 2 aromatic carbocycles. The van der Waals surface area contributed by atoms with Gasteiger partial charge in [0.25, 0.3) is 0 Å². The lowest BCUT2D eigenvalue weighted by atomic mass is 10.2. The molecule has 31 heavy (non-hydrogen) atoms. The Morgan fingerprint density at radius 3 is 2.71 bits per heavy atom. The molecule has 0 radical (unpaired) electrons. The standard InChI is InChI=1S/C24H27BrN2O4/c1-16(2)30-23(28)15-26-14-18-5-4-6-21(13-18)29-12-11-22-17(3)31-24(27-22)19-7-9-20(25)10-8-19/h4-10,13,16,26H,11-12,14-15H2,1-3H3. The number of oxazole rings is 1. The summed E-state index contributed by atoms with van der Waals surface area (Å²) in [6.07, 6.45) is 0.542. The first kappa shape index (κ1) is 23.0. The molecule has 0 bridgehead atoms. The third kappa shape index (κ3) is 7.22. The summed E-state index contributed by atoms with van der Waals surface area (Å²) in [5.41, 5.74) is 2.86. The number of benzene rings is 2. The van der Waals surface area contributed by atoms with E-state index in [9.17, 15) is 4.79 Å². The maximum atomic E-state index is 11.6. The molecule has 164 valence electrons. The van der Waals surface area contributed by atoms with Crippen molar-refractivity contribution in [3.8, 4) is 17.2 Å². The van der Waals surface area contributed by atoms with Crippen LogP contribution in [0, 0.1) is 6.92 Å². The number of ether oxygens (including phenoxy) is 2. The summed E-state index contributed by atoms with van der Waals surface area (Å²) in [6.45, 7) is 6.81. The van der Waals surface area contributed by atoms with E-state index in [0.29, 0.717) is 25.5 Å². The molecule has 0 aliphatic carbocycles. The molecule has 0 atom stereocenters. The van der Waals surface area contributed by atoms with Crippen molar-refractivity contribution < 1.29 is 18.7 Å². The second-order valence-electron chi connectivity index (χ2n) is 7.42. The molecular weight excluding hydrogens is 460 g/mol. The molecule has 0 spiro atoms. The molecule has 3 aromatic rings. The zero-order valence-corrected chi connectivity index (χ0v) is 19.6. The average molecular weight is 487 g/mol. The SMILES string of the molecule is Cc1oc(-c2ccc(Br)cc2)nc1CCOc1cccc(CNCC(=O)OC(C)C)c1. The summed E-state index contributed by atoms with van der Waals surface area (Å²) >= 11 is 3.44. The molecule has 1 aromatic heterocycles. The van der Waals surface area contributed by atoms with Crippen LogP contribution in [0.15, 0.2) is 57.4 Å². The van der Waals surface area contributed by atoms with Gasteiger partial charge in [0.05, 0.1) is 24.9 Å². The Morgan fingerprint density at radius 2 is 1.97 bits per heavy atom. The van der Waals surface area contributed by atoms with E-state index in [0.717, 1.165) is 32.8 Å². The van der Waals surface area contributed by atoms with E-state index in [1.165, 1.54) is 0 Å². The summed E-state index contributed by atoms with van der Waals surface area (Å²) < 4.78 is 17.9. The molecule has 6 nitrogen and oxygen atoms in total.